The Hall–Kier alpha value is -1.49. The second-order valence-corrected chi connectivity index (χ2v) is 2.97. The Morgan fingerprint density at radius 3 is 2.85 bits per heavy atom. The zero-order valence-electron chi connectivity index (χ0n) is 8.09. The molecule has 0 spiro atoms. The van der Waals surface area contributed by atoms with Gasteiger partial charge >= 0.3 is 0 Å². The maximum atomic E-state index is 8.47. The van der Waals surface area contributed by atoms with Crippen molar-refractivity contribution in [2.75, 3.05) is 11.9 Å². The SMILES string of the molecule is CCc1cccc(C)c1NCC#N. The zero-order chi connectivity index (χ0) is 9.68. The topological polar surface area (TPSA) is 35.8 Å². The second kappa shape index (κ2) is 4.51. The van der Waals surface area contributed by atoms with E-state index in [1.54, 1.807) is 0 Å². The van der Waals surface area contributed by atoms with Crippen LogP contribution in [0, 0.1) is 18.3 Å². The van der Waals surface area contributed by atoms with Crippen molar-refractivity contribution >= 4 is 5.69 Å². The molecular formula is C11H14N2. The molecule has 1 rings (SSSR count). The van der Waals surface area contributed by atoms with Crippen LogP contribution < -0.4 is 5.32 Å². The molecule has 0 aromatic heterocycles. The highest BCUT2D eigenvalue weighted by molar-refractivity contribution is 5.57. The monoisotopic (exact) mass is 174 g/mol. The smallest absolute Gasteiger partial charge is 0.103 e. The third kappa shape index (κ3) is 2.22. The molecule has 0 aliphatic heterocycles. The summed E-state index contributed by atoms with van der Waals surface area (Å²) in [7, 11) is 0. The largest absolute Gasteiger partial charge is 0.372 e. The van der Waals surface area contributed by atoms with Crippen LogP contribution in [0.2, 0.25) is 0 Å². The lowest BCUT2D eigenvalue weighted by Crippen LogP contribution is -2.03. The summed E-state index contributed by atoms with van der Waals surface area (Å²) in [6.07, 6.45) is 0.995. The van der Waals surface area contributed by atoms with E-state index < -0.39 is 0 Å². The molecule has 2 heteroatoms. The minimum Gasteiger partial charge on any atom is -0.372 e. The second-order valence-electron chi connectivity index (χ2n) is 2.97. The van der Waals surface area contributed by atoms with Crippen LogP contribution in [0.15, 0.2) is 18.2 Å². The van der Waals surface area contributed by atoms with Gasteiger partial charge in [-0.25, -0.2) is 0 Å². The lowest BCUT2D eigenvalue weighted by Gasteiger charge is -2.11. The zero-order valence-corrected chi connectivity index (χ0v) is 8.09. The van der Waals surface area contributed by atoms with Crippen LogP contribution >= 0.6 is 0 Å². The van der Waals surface area contributed by atoms with Gasteiger partial charge in [0.25, 0.3) is 0 Å². The number of hydrogen-bond donors (Lipinski definition) is 1. The standard InChI is InChI=1S/C11H14N2/c1-3-10-6-4-5-9(2)11(10)13-8-7-12/h4-6,13H,3,8H2,1-2H3. The van der Waals surface area contributed by atoms with Gasteiger partial charge in [0.15, 0.2) is 0 Å². The summed E-state index contributed by atoms with van der Waals surface area (Å²) in [4.78, 5) is 0. The first-order valence-corrected chi connectivity index (χ1v) is 4.49. The van der Waals surface area contributed by atoms with Gasteiger partial charge in [0.1, 0.15) is 6.54 Å². The number of anilines is 1. The molecule has 0 radical (unpaired) electrons. The summed E-state index contributed by atoms with van der Waals surface area (Å²) < 4.78 is 0. The Morgan fingerprint density at radius 1 is 1.46 bits per heavy atom. The van der Waals surface area contributed by atoms with Crippen LogP contribution in [0.3, 0.4) is 0 Å². The molecule has 13 heavy (non-hydrogen) atoms. The highest BCUT2D eigenvalue weighted by Gasteiger charge is 2.01. The van der Waals surface area contributed by atoms with Crippen LogP contribution in [0.5, 0.6) is 0 Å². The van der Waals surface area contributed by atoms with Crippen molar-refractivity contribution in [3.8, 4) is 6.07 Å². The van der Waals surface area contributed by atoms with Crippen molar-refractivity contribution in [2.24, 2.45) is 0 Å². The van der Waals surface area contributed by atoms with Crippen LogP contribution in [0.1, 0.15) is 18.1 Å². The molecule has 0 aliphatic carbocycles. The summed E-state index contributed by atoms with van der Waals surface area (Å²) in [6, 6.07) is 8.28. The molecule has 0 bridgehead atoms. The van der Waals surface area contributed by atoms with Crippen LogP contribution in [0.4, 0.5) is 5.69 Å². The average Bonchev–Trinajstić information content (AvgIpc) is 2.15. The number of nitriles is 1. The molecule has 0 heterocycles. The van der Waals surface area contributed by atoms with E-state index in [1.165, 1.54) is 11.1 Å². The maximum absolute atomic E-state index is 8.47. The van der Waals surface area contributed by atoms with E-state index in [4.69, 9.17) is 5.26 Å². The summed E-state index contributed by atoms with van der Waals surface area (Å²) in [6.45, 7) is 4.54. The summed E-state index contributed by atoms with van der Waals surface area (Å²) >= 11 is 0. The third-order valence-corrected chi connectivity index (χ3v) is 2.08. The fraction of sp³-hybridized carbons (Fsp3) is 0.364. The maximum Gasteiger partial charge on any atom is 0.103 e. The number of hydrogen-bond acceptors (Lipinski definition) is 2. The first-order chi connectivity index (χ1) is 6.29. The van der Waals surface area contributed by atoms with E-state index in [9.17, 15) is 0 Å². The van der Waals surface area contributed by atoms with Gasteiger partial charge in [-0.1, -0.05) is 25.1 Å². The molecule has 1 N–H and O–H groups in total. The summed E-state index contributed by atoms with van der Waals surface area (Å²) in [5, 5.41) is 11.6. The average molecular weight is 174 g/mol. The van der Waals surface area contributed by atoms with Crippen molar-refractivity contribution in [3.05, 3.63) is 29.3 Å². The van der Waals surface area contributed by atoms with E-state index in [0.29, 0.717) is 6.54 Å². The molecule has 2 nitrogen and oxygen atoms in total. The van der Waals surface area contributed by atoms with Gasteiger partial charge in [-0.3, -0.25) is 0 Å². The van der Waals surface area contributed by atoms with Crippen LogP contribution in [0.25, 0.3) is 0 Å². The van der Waals surface area contributed by atoms with Gasteiger partial charge in [0, 0.05) is 5.69 Å². The molecule has 0 aliphatic rings. The van der Waals surface area contributed by atoms with Crippen molar-refractivity contribution in [3.63, 3.8) is 0 Å². The molecule has 0 saturated carbocycles. The highest BCUT2D eigenvalue weighted by Crippen LogP contribution is 2.20. The number of aryl methyl sites for hydroxylation is 2. The van der Waals surface area contributed by atoms with Gasteiger partial charge < -0.3 is 5.32 Å². The Kier molecular flexibility index (Phi) is 3.33. The van der Waals surface area contributed by atoms with Crippen LogP contribution in [-0.4, -0.2) is 6.54 Å². The third-order valence-electron chi connectivity index (χ3n) is 2.08. The van der Waals surface area contributed by atoms with Crippen molar-refractivity contribution < 1.29 is 0 Å². The van der Waals surface area contributed by atoms with E-state index in [2.05, 4.69) is 37.4 Å². The van der Waals surface area contributed by atoms with Gasteiger partial charge in [-0.15, -0.1) is 0 Å². The quantitative estimate of drug-likeness (QED) is 0.714. The van der Waals surface area contributed by atoms with Crippen LogP contribution in [-0.2, 0) is 6.42 Å². The Balaban J connectivity index is 2.95. The lowest BCUT2D eigenvalue weighted by molar-refractivity contribution is 1.12. The fourth-order valence-electron chi connectivity index (χ4n) is 1.40. The molecule has 0 unspecified atom stereocenters. The van der Waals surface area contributed by atoms with E-state index in [1.807, 2.05) is 6.07 Å². The Bertz CT molecular complexity index is 323. The van der Waals surface area contributed by atoms with Crippen molar-refractivity contribution in [1.29, 1.82) is 5.26 Å². The molecule has 0 amide bonds. The number of nitrogens with one attached hydrogen (secondary N) is 1. The lowest BCUT2D eigenvalue weighted by atomic mass is 10.1. The number of para-hydroxylation sites is 1. The molecule has 0 fully saturated rings. The van der Waals surface area contributed by atoms with Gasteiger partial charge in [0.2, 0.25) is 0 Å². The summed E-state index contributed by atoms with van der Waals surface area (Å²) in [5.41, 5.74) is 3.59. The fourth-order valence-corrected chi connectivity index (χ4v) is 1.40. The number of benzene rings is 1. The van der Waals surface area contributed by atoms with Gasteiger partial charge in [-0.05, 0) is 24.5 Å². The molecule has 1 aromatic rings. The first kappa shape index (κ1) is 9.60. The summed E-state index contributed by atoms with van der Waals surface area (Å²) in [5.74, 6) is 0. The molecule has 0 saturated heterocycles. The molecule has 68 valence electrons. The van der Waals surface area contributed by atoms with Crippen molar-refractivity contribution in [1.82, 2.24) is 0 Å². The molecule has 1 aromatic carbocycles. The predicted octanol–water partition coefficient (Wildman–Crippen LogP) is 2.49. The van der Waals surface area contributed by atoms with Crippen molar-refractivity contribution in [2.45, 2.75) is 20.3 Å². The van der Waals surface area contributed by atoms with E-state index in [0.717, 1.165) is 12.1 Å². The Morgan fingerprint density at radius 2 is 2.23 bits per heavy atom. The molecule has 0 atom stereocenters. The van der Waals surface area contributed by atoms with Gasteiger partial charge in [-0.2, -0.15) is 5.26 Å². The molecular weight excluding hydrogens is 160 g/mol. The highest BCUT2D eigenvalue weighted by atomic mass is 14.9. The minimum absolute atomic E-state index is 0.373. The number of nitrogens with zero attached hydrogens (tertiary/aromatic N) is 1. The number of rotatable bonds is 3. The minimum atomic E-state index is 0.373. The predicted molar refractivity (Wildman–Crippen MR) is 54.7 cm³/mol. The normalized spacial score (nSPS) is 9.31. The van der Waals surface area contributed by atoms with E-state index in [-0.39, 0.29) is 0 Å². The van der Waals surface area contributed by atoms with E-state index >= 15 is 0 Å². The van der Waals surface area contributed by atoms with Gasteiger partial charge in [0.05, 0.1) is 6.07 Å². The first-order valence-electron chi connectivity index (χ1n) is 4.49. The Labute approximate surface area is 79.2 Å².